The Labute approximate surface area is 221 Å². The van der Waals surface area contributed by atoms with Crippen molar-refractivity contribution < 1.29 is 35.9 Å². The molecule has 5 nitrogen and oxygen atoms in total. The quantitative estimate of drug-likeness (QED) is 0.290. The first kappa shape index (κ1) is 26.4. The Bertz CT molecular complexity index is 1210. The molecule has 194 valence electrons. The van der Waals surface area contributed by atoms with Gasteiger partial charge in [0, 0.05) is 17.4 Å². The number of hydrogen-bond donors (Lipinski definition) is 0. The number of aromatic nitrogens is 1. The average molecular weight is 512 g/mol. The van der Waals surface area contributed by atoms with Crippen molar-refractivity contribution in [3.63, 3.8) is 0 Å². The number of benzene rings is 2. The molecule has 6 heteroatoms. The van der Waals surface area contributed by atoms with Gasteiger partial charge in [-0.3, -0.25) is 0 Å². The van der Waals surface area contributed by atoms with Gasteiger partial charge in [-0.1, -0.05) is 46.0 Å². The van der Waals surface area contributed by atoms with Crippen molar-refractivity contribution in [2.75, 3.05) is 20.5 Å². The molecule has 0 aliphatic carbocycles. The van der Waals surface area contributed by atoms with Crippen LogP contribution in [-0.2, 0) is 19.4 Å². The molecule has 36 heavy (non-hydrogen) atoms. The highest BCUT2D eigenvalue weighted by Gasteiger charge is 2.32. The number of fused-ring (bicyclic) bond motifs is 5. The zero-order valence-electron chi connectivity index (χ0n) is 21.8. The number of unbranched alkanes of at least 4 members (excludes halogenated alkanes) is 5. The summed E-state index contributed by atoms with van der Waals surface area (Å²) in [5.74, 6) is 3.39. The van der Waals surface area contributed by atoms with Gasteiger partial charge in [-0.15, -0.1) is 0 Å². The van der Waals surface area contributed by atoms with E-state index in [1.165, 1.54) is 66.3 Å². The second kappa shape index (κ2) is 12.1. The van der Waals surface area contributed by atoms with Gasteiger partial charge in [0.1, 0.15) is 0 Å². The lowest BCUT2D eigenvalue weighted by Crippen LogP contribution is -3.00. The molecule has 0 unspecified atom stereocenters. The van der Waals surface area contributed by atoms with Gasteiger partial charge in [-0.2, -0.15) is 4.57 Å². The lowest BCUT2D eigenvalue weighted by molar-refractivity contribution is -0.686. The monoisotopic (exact) mass is 511 g/mol. The van der Waals surface area contributed by atoms with E-state index < -0.39 is 0 Å². The molecule has 1 aromatic heterocycles. The van der Waals surface area contributed by atoms with Crippen LogP contribution in [0.15, 0.2) is 30.5 Å². The Kier molecular flexibility index (Phi) is 8.84. The molecule has 0 radical (unpaired) electrons. The number of nitrogens with zero attached hydrogens (tertiary/aromatic N) is 1. The van der Waals surface area contributed by atoms with Crippen molar-refractivity contribution in [1.82, 2.24) is 0 Å². The maximum absolute atomic E-state index is 6.26. The van der Waals surface area contributed by atoms with E-state index in [0.717, 1.165) is 54.2 Å². The highest BCUT2D eigenvalue weighted by molar-refractivity contribution is 5.95. The van der Waals surface area contributed by atoms with Gasteiger partial charge in [0.2, 0.25) is 12.5 Å². The molecule has 0 spiro atoms. The van der Waals surface area contributed by atoms with Crippen LogP contribution in [0.2, 0.25) is 0 Å². The molecular formula is C30H38ClNO4. The fraction of sp³-hybridized carbons (Fsp3) is 0.500. The van der Waals surface area contributed by atoms with E-state index in [4.69, 9.17) is 18.9 Å². The highest BCUT2D eigenvalue weighted by atomic mass is 35.5. The van der Waals surface area contributed by atoms with Gasteiger partial charge in [0.15, 0.2) is 35.7 Å². The molecule has 0 atom stereocenters. The third-order valence-electron chi connectivity index (χ3n) is 7.27. The van der Waals surface area contributed by atoms with Gasteiger partial charge < -0.3 is 31.4 Å². The van der Waals surface area contributed by atoms with Crippen LogP contribution in [0.5, 0.6) is 23.0 Å². The number of aryl methyl sites for hydroxylation is 3. The van der Waals surface area contributed by atoms with E-state index in [0.29, 0.717) is 13.4 Å². The minimum Gasteiger partial charge on any atom is -1.00 e. The summed E-state index contributed by atoms with van der Waals surface area (Å²) >= 11 is 0. The third kappa shape index (κ3) is 5.08. The summed E-state index contributed by atoms with van der Waals surface area (Å²) < 4.78 is 25.9. The Morgan fingerprint density at radius 1 is 0.917 bits per heavy atom. The number of hydrogen-bond acceptors (Lipinski definition) is 4. The summed E-state index contributed by atoms with van der Waals surface area (Å²) in [5, 5.41) is 2.41. The van der Waals surface area contributed by atoms with E-state index in [9.17, 15) is 0 Å². The van der Waals surface area contributed by atoms with Gasteiger partial charge >= 0.3 is 0 Å². The number of methoxy groups -OCH3 is 1. The van der Waals surface area contributed by atoms with Gasteiger partial charge in [-0.25, -0.2) is 0 Å². The maximum Gasteiger partial charge on any atom is 0.231 e. The fourth-order valence-electron chi connectivity index (χ4n) is 5.49. The van der Waals surface area contributed by atoms with Crippen LogP contribution in [0.25, 0.3) is 22.0 Å². The third-order valence-corrected chi connectivity index (χ3v) is 7.27. The molecule has 0 N–H and O–H groups in total. The molecule has 3 heterocycles. The SMILES string of the molecule is CCCCCCCCc1c2[n+](cc3c(OCCC)c(OC)ccc13)CCc1cc3c(cc1-2)OCO3.[Cl-]. The molecule has 2 aromatic carbocycles. The van der Waals surface area contributed by atoms with Crippen LogP contribution >= 0.6 is 0 Å². The summed E-state index contributed by atoms with van der Waals surface area (Å²) in [5.41, 5.74) is 5.34. The Hall–Kier alpha value is -2.66. The van der Waals surface area contributed by atoms with Crippen LogP contribution < -0.4 is 35.9 Å². The maximum atomic E-state index is 6.26. The molecule has 2 aliphatic rings. The van der Waals surface area contributed by atoms with Crippen LogP contribution in [0, 0.1) is 0 Å². The van der Waals surface area contributed by atoms with Gasteiger partial charge in [0.05, 0.1) is 24.7 Å². The molecule has 0 saturated carbocycles. The first-order valence-corrected chi connectivity index (χ1v) is 13.4. The standard InChI is InChI=1S/C30H38NO4.ClH/c1-4-6-7-8-9-10-11-23-22-12-13-26(32-3)30(33-16-5-2)25(22)19-31-15-14-21-17-27-28(35-20-34-27)18-24(21)29(23)31;/h12-13,17-19H,4-11,14-16,20H2,1-3H3;1H/q+1;/p-1. The molecule has 0 saturated heterocycles. The van der Waals surface area contributed by atoms with E-state index in [2.05, 4.69) is 48.9 Å². The molecule has 3 aromatic rings. The molecule has 2 aliphatic heterocycles. The Morgan fingerprint density at radius 3 is 2.47 bits per heavy atom. The lowest BCUT2D eigenvalue weighted by atomic mass is 9.89. The van der Waals surface area contributed by atoms with Gasteiger partial charge in [-0.05, 0) is 49.1 Å². The predicted octanol–water partition coefficient (Wildman–Crippen LogP) is 3.78. The van der Waals surface area contributed by atoms with Crippen LogP contribution in [-0.4, -0.2) is 20.5 Å². The smallest absolute Gasteiger partial charge is 0.231 e. The second-order valence-corrected chi connectivity index (χ2v) is 9.69. The molecule has 5 rings (SSSR count). The minimum absolute atomic E-state index is 0. The highest BCUT2D eigenvalue weighted by Crippen LogP contribution is 2.44. The number of pyridine rings is 1. The summed E-state index contributed by atoms with van der Waals surface area (Å²) in [6.45, 7) is 6.33. The van der Waals surface area contributed by atoms with Crippen molar-refractivity contribution in [2.45, 2.75) is 78.2 Å². The Morgan fingerprint density at radius 2 is 1.69 bits per heavy atom. The molecule has 0 fully saturated rings. The molecule has 0 amide bonds. The summed E-state index contributed by atoms with van der Waals surface area (Å²) in [7, 11) is 1.72. The first-order valence-electron chi connectivity index (χ1n) is 13.4. The summed E-state index contributed by atoms with van der Waals surface area (Å²) in [4.78, 5) is 0. The fourth-order valence-corrected chi connectivity index (χ4v) is 5.49. The van der Waals surface area contributed by atoms with Crippen molar-refractivity contribution in [2.24, 2.45) is 0 Å². The Balaban J connectivity index is 0.00000304. The largest absolute Gasteiger partial charge is 1.00 e. The average Bonchev–Trinajstić information content (AvgIpc) is 3.34. The predicted molar refractivity (Wildman–Crippen MR) is 139 cm³/mol. The van der Waals surface area contributed by atoms with Crippen molar-refractivity contribution in [1.29, 1.82) is 0 Å². The second-order valence-electron chi connectivity index (χ2n) is 9.69. The van der Waals surface area contributed by atoms with Crippen LogP contribution in [0.3, 0.4) is 0 Å². The molecule has 0 bridgehead atoms. The van der Waals surface area contributed by atoms with E-state index in [1.807, 2.05) is 0 Å². The summed E-state index contributed by atoms with van der Waals surface area (Å²) in [6.07, 6.45) is 13.0. The van der Waals surface area contributed by atoms with Crippen LogP contribution in [0.4, 0.5) is 0 Å². The van der Waals surface area contributed by atoms with Crippen molar-refractivity contribution in [3.8, 4) is 34.3 Å². The topological polar surface area (TPSA) is 40.8 Å². The van der Waals surface area contributed by atoms with Crippen molar-refractivity contribution in [3.05, 3.63) is 41.6 Å². The minimum atomic E-state index is 0. The van der Waals surface area contributed by atoms with E-state index in [1.54, 1.807) is 7.11 Å². The first-order chi connectivity index (χ1) is 17.2. The van der Waals surface area contributed by atoms with Crippen LogP contribution in [0.1, 0.15) is 69.9 Å². The number of halogens is 1. The molecular weight excluding hydrogens is 474 g/mol. The lowest BCUT2D eigenvalue weighted by Gasteiger charge is -2.21. The van der Waals surface area contributed by atoms with E-state index in [-0.39, 0.29) is 12.4 Å². The zero-order valence-corrected chi connectivity index (χ0v) is 22.6. The van der Waals surface area contributed by atoms with Crippen molar-refractivity contribution >= 4 is 10.8 Å². The number of rotatable bonds is 11. The summed E-state index contributed by atoms with van der Waals surface area (Å²) in [6, 6.07) is 8.67. The normalized spacial score (nSPS) is 13.2. The zero-order chi connectivity index (χ0) is 24.2. The van der Waals surface area contributed by atoms with E-state index >= 15 is 0 Å². The number of ether oxygens (including phenoxy) is 4. The van der Waals surface area contributed by atoms with Gasteiger partial charge in [0.25, 0.3) is 0 Å².